The molecule has 0 unspecified atom stereocenters. The van der Waals surface area contributed by atoms with Gasteiger partial charge in [-0.3, -0.25) is 9.78 Å². The minimum absolute atomic E-state index is 0.00324. The second-order valence-electron chi connectivity index (χ2n) is 5.27. The molecule has 2 aromatic rings. The first-order chi connectivity index (χ1) is 10.1. The van der Waals surface area contributed by atoms with Gasteiger partial charge < -0.3 is 14.4 Å². The van der Waals surface area contributed by atoms with Crippen molar-refractivity contribution in [2.45, 2.75) is 36.6 Å². The maximum Gasteiger partial charge on any atom is 0.313 e. The lowest BCUT2D eigenvalue weighted by molar-refractivity contribution is -0.133. The Labute approximate surface area is 126 Å². The SMILES string of the molecule is COC1(Cn2c(SCC(=O)O)nc3cnccc32)CCC1. The quantitative estimate of drug-likeness (QED) is 0.824. The van der Waals surface area contributed by atoms with E-state index in [1.54, 1.807) is 19.5 Å². The molecule has 3 rings (SSSR count). The maximum atomic E-state index is 10.8. The van der Waals surface area contributed by atoms with E-state index in [4.69, 9.17) is 9.84 Å². The number of carboxylic acids is 1. The Morgan fingerprint density at radius 2 is 2.38 bits per heavy atom. The second-order valence-corrected chi connectivity index (χ2v) is 6.21. The van der Waals surface area contributed by atoms with Crippen LogP contribution in [-0.2, 0) is 16.1 Å². The molecule has 1 fully saturated rings. The lowest BCUT2D eigenvalue weighted by Crippen LogP contribution is -2.43. The summed E-state index contributed by atoms with van der Waals surface area (Å²) < 4.78 is 7.75. The van der Waals surface area contributed by atoms with Crippen LogP contribution in [0, 0.1) is 0 Å². The lowest BCUT2D eigenvalue weighted by atomic mass is 9.80. The molecule has 21 heavy (non-hydrogen) atoms. The average Bonchev–Trinajstić information content (AvgIpc) is 2.78. The van der Waals surface area contributed by atoms with Crippen LogP contribution in [0.1, 0.15) is 19.3 Å². The molecule has 0 radical (unpaired) electrons. The number of hydrogen-bond donors (Lipinski definition) is 1. The van der Waals surface area contributed by atoms with E-state index in [2.05, 4.69) is 14.5 Å². The average molecular weight is 307 g/mol. The molecule has 7 heteroatoms. The standard InChI is InChI=1S/C14H17N3O3S/c1-20-14(4-2-5-14)9-17-11-3-6-15-7-10(11)16-13(17)21-8-12(18)19/h3,6-7H,2,4-5,8-9H2,1H3,(H,18,19). The first kappa shape index (κ1) is 14.3. The number of fused-ring (bicyclic) bond motifs is 1. The van der Waals surface area contributed by atoms with Crippen molar-refractivity contribution in [3.05, 3.63) is 18.5 Å². The molecule has 6 nitrogen and oxygen atoms in total. The van der Waals surface area contributed by atoms with Crippen LogP contribution in [0.2, 0.25) is 0 Å². The summed E-state index contributed by atoms with van der Waals surface area (Å²) in [6.07, 6.45) is 6.65. The Bertz CT molecular complexity index is 661. The van der Waals surface area contributed by atoms with E-state index < -0.39 is 5.97 Å². The van der Waals surface area contributed by atoms with Gasteiger partial charge in [0.25, 0.3) is 0 Å². The van der Waals surface area contributed by atoms with Gasteiger partial charge in [-0.2, -0.15) is 0 Å². The van der Waals surface area contributed by atoms with Crippen LogP contribution < -0.4 is 0 Å². The predicted octanol–water partition coefficient (Wildman–Crippen LogP) is 2.18. The Kier molecular flexibility index (Phi) is 3.86. The summed E-state index contributed by atoms with van der Waals surface area (Å²) >= 11 is 1.24. The van der Waals surface area contributed by atoms with Crippen molar-refractivity contribution in [2.24, 2.45) is 0 Å². The van der Waals surface area contributed by atoms with Gasteiger partial charge in [-0.05, 0) is 25.3 Å². The van der Waals surface area contributed by atoms with Gasteiger partial charge in [0.05, 0.1) is 29.6 Å². The second kappa shape index (κ2) is 5.65. The maximum absolute atomic E-state index is 10.8. The highest BCUT2D eigenvalue weighted by atomic mass is 32.2. The van der Waals surface area contributed by atoms with Crippen molar-refractivity contribution >= 4 is 28.8 Å². The van der Waals surface area contributed by atoms with Gasteiger partial charge in [-0.25, -0.2) is 4.98 Å². The van der Waals surface area contributed by atoms with Crippen LogP contribution in [0.25, 0.3) is 11.0 Å². The van der Waals surface area contributed by atoms with Crippen LogP contribution in [0.5, 0.6) is 0 Å². The highest BCUT2D eigenvalue weighted by Gasteiger charge is 2.38. The normalized spacial score (nSPS) is 16.8. The Morgan fingerprint density at radius 1 is 1.57 bits per heavy atom. The molecular formula is C14H17N3O3S. The van der Waals surface area contributed by atoms with Crippen LogP contribution in [0.4, 0.5) is 0 Å². The molecule has 0 atom stereocenters. The number of carbonyl (C=O) groups is 1. The fraction of sp³-hybridized carbons (Fsp3) is 0.500. The van der Waals surface area contributed by atoms with Crippen molar-refractivity contribution in [1.82, 2.24) is 14.5 Å². The molecule has 0 spiro atoms. The number of rotatable bonds is 6. The zero-order valence-corrected chi connectivity index (χ0v) is 12.6. The van der Waals surface area contributed by atoms with Crippen molar-refractivity contribution in [3.63, 3.8) is 0 Å². The molecule has 1 aliphatic carbocycles. The number of ether oxygens (including phenoxy) is 1. The Morgan fingerprint density at radius 3 is 3.00 bits per heavy atom. The van der Waals surface area contributed by atoms with E-state index in [-0.39, 0.29) is 11.4 Å². The number of nitrogens with zero attached hydrogens (tertiary/aromatic N) is 3. The summed E-state index contributed by atoms with van der Waals surface area (Å²) in [7, 11) is 1.74. The molecular weight excluding hydrogens is 290 g/mol. The van der Waals surface area contributed by atoms with Crippen molar-refractivity contribution < 1.29 is 14.6 Å². The Balaban J connectivity index is 1.96. The monoisotopic (exact) mass is 307 g/mol. The van der Waals surface area contributed by atoms with E-state index in [1.165, 1.54) is 18.2 Å². The third-order valence-electron chi connectivity index (χ3n) is 3.98. The highest BCUT2D eigenvalue weighted by Crippen LogP contribution is 2.38. The van der Waals surface area contributed by atoms with E-state index in [0.717, 1.165) is 23.9 Å². The first-order valence-electron chi connectivity index (χ1n) is 6.83. The third-order valence-corrected chi connectivity index (χ3v) is 4.95. The van der Waals surface area contributed by atoms with E-state index in [9.17, 15) is 4.79 Å². The molecule has 0 bridgehead atoms. The number of imidazole rings is 1. The lowest BCUT2D eigenvalue weighted by Gasteiger charge is -2.41. The molecule has 112 valence electrons. The van der Waals surface area contributed by atoms with E-state index >= 15 is 0 Å². The topological polar surface area (TPSA) is 77.2 Å². The molecule has 0 aromatic carbocycles. The summed E-state index contributed by atoms with van der Waals surface area (Å²) in [6.45, 7) is 0.700. The fourth-order valence-electron chi connectivity index (χ4n) is 2.63. The molecule has 0 aliphatic heterocycles. The largest absolute Gasteiger partial charge is 0.481 e. The van der Waals surface area contributed by atoms with Crippen molar-refractivity contribution in [3.8, 4) is 0 Å². The van der Waals surface area contributed by atoms with Crippen LogP contribution >= 0.6 is 11.8 Å². The molecule has 1 aliphatic rings. The third kappa shape index (κ3) is 2.75. The van der Waals surface area contributed by atoms with Crippen LogP contribution in [0.15, 0.2) is 23.6 Å². The van der Waals surface area contributed by atoms with Gasteiger partial charge in [0, 0.05) is 13.3 Å². The summed E-state index contributed by atoms with van der Waals surface area (Å²) in [5, 5.41) is 9.59. The highest BCUT2D eigenvalue weighted by molar-refractivity contribution is 7.99. The number of hydrogen-bond acceptors (Lipinski definition) is 5. The summed E-state index contributed by atoms with van der Waals surface area (Å²) in [4.78, 5) is 19.4. The summed E-state index contributed by atoms with van der Waals surface area (Å²) in [6, 6.07) is 1.91. The van der Waals surface area contributed by atoms with Gasteiger partial charge in [0.1, 0.15) is 5.52 Å². The number of methoxy groups -OCH3 is 1. The predicted molar refractivity (Wildman–Crippen MR) is 79.5 cm³/mol. The number of carboxylic acid groups (broad SMARTS) is 1. The number of aliphatic carboxylic acids is 1. The first-order valence-corrected chi connectivity index (χ1v) is 7.82. The number of aromatic nitrogens is 3. The fourth-order valence-corrected chi connectivity index (χ4v) is 3.37. The van der Waals surface area contributed by atoms with Crippen molar-refractivity contribution in [1.29, 1.82) is 0 Å². The van der Waals surface area contributed by atoms with E-state index in [1.807, 2.05) is 6.07 Å². The van der Waals surface area contributed by atoms with Gasteiger partial charge in [0.15, 0.2) is 5.16 Å². The number of pyridine rings is 1. The molecule has 1 saturated carbocycles. The van der Waals surface area contributed by atoms with Gasteiger partial charge in [-0.1, -0.05) is 11.8 Å². The van der Waals surface area contributed by atoms with E-state index in [0.29, 0.717) is 11.7 Å². The zero-order valence-electron chi connectivity index (χ0n) is 11.8. The van der Waals surface area contributed by atoms with Gasteiger partial charge >= 0.3 is 5.97 Å². The van der Waals surface area contributed by atoms with Crippen molar-refractivity contribution in [2.75, 3.05) is 12.9 Å². The molecule has 2 aromatic heterocycles. The summed E-state index contributed by atoms with van der Waals surface area (Å²) in [5.41, 5.74) is 1.62. The minimum atomic E-state index is -0.846. The summed E-state index contributed by atoms with van der Waals surface area (Å²) in [5.74, 6) is -0.849. The zero-order chi connectivity index (χ0) is 14.9. The van der Waals surface area contributed by atoms with Gasteiger partial charge in [-0.15, -0.1) is 0 Å². The Hall–Kier alpha value is -1.60. The van der Waals surface area contributed by atoms with Crippen LogP contribution in [0.3, 0.4) is 0 Å². The van der Waals surface area contributed by atoms with Crippen LogP contribution in [-0.4, -0.2) is 44.1 Å². The molecule has 2 heterocycles. The molecule has 0 saturated heterocycles. The van der Waals surface area contributed by atoms with Gasteiger partial charge in [0.2, 0.25) is 0 Å². The number of thioether (sulfide) groups is 1. The minimum Gasteiger partial charge on any atom is -0.481 e. The molecule has 1 N–H and O–H groups in total. The smallest absolute Gasteiger partial charge is 0.313 e. The molecule has 0 amide bonds.